The van der Waals surface area contributed by atoms with Crippen molar-refractivity contribution in [1.82, 2.24) is 20.9 Å². The van der Waals surface area contributed by atoms with Crippen molar-refractivity contribution >= 4 is 23.8 Å². The van der Waals surface area contributed by atoms with Gasteiger partial charge in [-0.2, -0.15) is 0 Å². The van der Waals surface area contributed by atoms with Crippen LogP contribution in [0.3, 0.4) is 0 Å². The summed E-state index contributed by atoms with van der Waals surface area (Å²) < 4.78 is 0. The van der Waals surface area contributed by atoms with Crippen LogP contribution in [0.15, 0.2) is 48.5 Å². The molecule has 0 radical (unpaired) electrons. The fourth-order valence-corrected chi connectivity index (χ4v) is 4.84. The lowest BCUT2D eigenvalue weighted by atomic mass is 9.77. The Bertz CT molecular complexity index is 1120. The minimum Gasteiger partial charge on any atom is -0.340 e. The predicted octanol–water partition coefficient (Wildman–Crippen LogP) is 1.28. The Morgan fingerprint density at radius 1 is 1.09 bits per heavy atom. The fraction of sp³-hybridized carbons (Fsp3) is 0.333. The summed E-state index contributed by atoms with van der Waals surface area (Å²) in [5.74, 6) is -0.639. The zero-order valence-electron chi connectivity index (χ0n) is 17.5. The largest absolute Gasteiger partial charge is 0.340 e. The Morgan fingerprint density at radius 3 is 2.66 bits per heavy atom. The number of aryl methyl sites for hydroxylation is 1. The van der Waals surface area contributed by atoms with Crippen molar-refractivity contribution in [3.63, 3.8) is 0 Å². The molecule has 0 bridgehead atoms. The van der Waals surface area contributed by atoms with Gasteiger partial charge in [-0.05, 0) is 48.1 Å². The molecule has 2 aromatic carbocycles. The third-order valence-electron chi connectivity index (χ3n) is 6.62. The number of benzene rings is 2. The fourth-order valence-electron chi connectivity index (χ4n) is 4.84. The van der Waals surface area contributed by atoms with Crippen LogP contribution in [0.1, 0.15) is 39.9 Å². The third kappa shape index (κ3) is 3.62. The van der Waals surface area contributed by atoms with Crippen LogP contribution in [0.2, 0.25) is 0 Å². The van der Waals surface area contributed by atoms with E-state index in [1.54, 1.807) is 11.0 Å². The van der Waals surface area contributed by atoms with Gasteiger partial charge in [0.05, 0.1) is 0 Å². The molecule has 2 fully saturated rings. The maximum atomic E-state index is 12.8. The molecule has 2 atom stereocenters. The van der Waals surface area contributed by atoms with Gasteiger partial charge in [0, 0.05) is 25.1 Å². The van der Waals surface area contributed by atoms with Crippen LogP contribution in [-0.4, -0.2) is 46.8 Å². The van der Waals surface area contributed by atoms with Gasteiger partial charge < -0.3 is 15.5 Å². The smallest absolute Gasteiger partial charge is 0.322 e. The van der Waals surface area contributed by atoms with Gasteiger partial charge in [-0.25, -0.2) is 4.79 Å². The third-order valence-corrected chi connectivity index (χ3v) is 6.62. The molecule has 2 heterocycles. The molecule has 3 N–H and O–H groups in total. The van der Waals surface area contributed by atoms with Crippen molar-refractivity contribution in [2.75, 3.05) is 6.54 Å². The number of amides is 5. The van der Waals surface area contributed by atoms with Crippen LogP contribution >= 0.6 is 0 Å². The molecule has 1 aliphatic carbocycles. The number of rotatable bonds is 4. The first-order valence-corrected chi connectivity index (χ1v) is 10.8. The highest BCUT2D eigenvalue weighted by Crippen LogP contribution is 2.31. The van der Waals surface area contributed by atoms with Crippen molar-refractivity contribution in [3.05, 3.63) is 70.8 Å². The topological polar surface area (TPSA) is 108 Å². The van der Waals surface area contributed by atoms with E-state index in [-0.39, 0.29) is 17.7 Å². The average Bonchev–Trinajstić information content (AvgIpc) is 3.26. The molecule has 1 unspecified atom stereocenters. The number of hydrogen-bond donors (Lipinski definition) is 3. The highest BCUT2D eigenvalue weighted by Gasteiger charge is 2.47. The quantitative estimate of drug-likeness (QED) is 0.633. The second-order valence-electron chi connectivity index (χ2n) is 8.71. The molecule has 1 spiro atoms. The minimum absolute atomic E-state index is 0.0647. The summed E-state index contributed by atoms with van der Waals surface area (Å²) in [5, 5.41) is 7.94. The number of carbonyl (C=O) groups excluding carboxylic acids is 4. The SMILES string of the molecule is O=C1NC(=O)C2(CCc3cc(C(=O)N[C@@H]4CCN(Cc5ccccc5)C4=O)ccc3C2)N1. The molecule has 3 aliphatic rings. The van der Waals surface area contributed by atoms with E-state index in [9.17, 15) is 19.2 Å². The van der Waals surface area contributed by atoms with Gasteiger partial charge in [0.25, 0.3) is 11.8 Å². The second kappa shape index (κ2) is 7.78. The van der Waals surface area contributed by atoms with Crippen LogP contribution in [0, 0.1) is 0 Å². The number of urea groups is 1. The highest BCUT2D eigenvalue weighted by molar-refractivity contribution is 6.07. The number of hydrogen-bond acceptors (Lipinski definition) is 4. The summed E-state index contributed by atoms with van der Waals surface area (Å²) in [6.07, 6.45) is 2.05. The lowest BCUT2D eigenvalue weighted by Crippen LogP contribution is -2.51. The highest BCUT2D eigenvalue weighted by atomic mass is 16.2. The van der Waals surface area contributed by atoms with Crippen molar-refractivity contribution in [2.45, 2.75) is 43.8 Å². The van der Waals surface area contributed by atoms with E-state index >= 15 is 0 Å². The van der Waals surface area contributed by atoms with Crippen molar-refractivity contribution < 1.29 is 19.2 Å². The maximum absolute atomic E-state index is 12.8. The Kier molecular flexibility index (Phi) is 4.92. The van der Waals surface area contributed by atoms with Crippen LogP contribution in [-0.2, 0) is 29.0 Å². The Labute approximate surface area is 185 Å². The summed E-state index contributed by atoms with van der Waals surface area (Å²) in [4.78, 5) is 51.1. The second-order valence-corrected chi connectivity index (χ2v) is 8.71. The molecule has 32 heavy (non-hydrogen) atoms. The molecular weight excluding hydrogens is 408 g/mol. The van der Waals surface area contributed by atoms with Gasteiger partial charge in [0.1, 0.15) is 11.6 Å². The Balaban J connectivity index is 1.24. The lowest BCUT2D eigenvalue weighted by molar-refractivity contribution is -0.129. The normalized spacial score (nSPS) is 24.3. The first-order chi connectivity index (χ1) is 15.4. The summed E-state index contributed by atoms with van der Waals surface area (Å²) in [6.45, 7) is 1.15. The Hall–Kier alpha value is -3.68. The van der Waals surface area contributed by atoms with Crippen LogP contribution in [0.25, 0.3) is 0 Å². The summed E-state index contributed by atoms with van der Waals surface area (Å²) in [7, 11) is 0. The van der Waals surface area contributed by atoms with E-state index < -0.39 is 17.6 Å². The number of nitrogens with one attached hydrogen (secondary N) is 3. The number of fused-ring (bicyclic) bond motifs is 1. The van der Waals surface area contributed by atoms with Gasteiger partial charge in [0.15, 0.2) is 0 Å². The summed E-state index contributed by atoms with van der Waals surface area (Å²) in [6, 6.07) is 14.2. The molecule has 8 nitrogen and oxygen atoms in total. The van der Waals surface area contributed by atoms with E-state index in [1.807, 2.05) is 42.5 Å². The monoisotopic (exact) mass is 432 g/mol. The summed E-state index contributed by atoms with van der Waals surface area (Å²) in [5.41, 5.74) is 2.59. The van der Waals surface area contributed by atoms with Gasteiger partial charge in [-0.1, -0.05) is 36.4 Å². The number of nitrogens with zero attached hydrogens (tertiary/aromatic N) is 1. The lowest BCUT2D eigenvalue weighted by Gasteiger charge is -2.32. The molecule has 2 aliphatic heterocycles. The first kappa shape index (κ1) is 20.2. The standard InChI is InChI=1S/C24H24N4O4/c29-20(25-19-9-11-28(21(19)30)14-15-4-2-1-3-5-15)17-6-7-18-13-24(10-8-16(18)12-17)22(31)26-23(32)27-24/h1-7,12,19H,8-11,13-14H2,(H,25,29)(H2,26,27,31,32)/t19-,24?/m1/s1. The zero-order valence-corrected chi connectivity index (χ0v) is 17.5. The molecule has 8 heteroatoms. The number of imide groups is 1. The molecule has 5 amide bonds. The van der Waals surface area contributed by atoms with Crippen LogP contribution in [0.4, 0.5) is 4.79 Å². The average molecular weight is 432 g/mol. The van der Waals surface area contributed by atoms with Gasteiger partial charge in [-0.15, -0.1) is 0 Å². The van der Waals surface area contributed by atoms with Crippen molar-refractivity contribution in [3.8, 4) is 0 Å². The molecule has 2 aromatic rings. The number of carbonyl (C=O) groups is 4. The van der Waals surface area contributed by atoms with Gasteiger partial charge >= 0.3 is 6.03 Å². The predicted molar refractivity (Wildman–Crippen MR) is 116 cm³/mol. The van der Waals surface area contributed by atoms with Gasteiger partial charge in [0.2, 0.25) is 5.91 Å². The van der Waals surface area contributed by atoms with Crippen molar-refractivity contribution in [1.29, 1.82) is 0 Å². The Morgan fingerprint density at radius 2 is 1.91 bits per heavy atom. The first-order valence-electron chi connectivity index (χ1n) is 10.8. The van der Waals surface area contributed by atoms with E-state index in [4.69, 9.17) is 0 Å². The van der Waals surface area contributed by atoms with E-state index in [0.717, 1.165) is 16.7 Å². The summed E-state index contributed by atoms with van der Waals surface area (Å²) >= 11 is 0. The number of likely N-dealkylation sites (tertiary alicyclic amines) is 1. The minimum atomic E-state index is -0.896. The maximum Gasteiger partial charge on any atom is 0.322 e. The van der Waals surface area contributed by atoms with Gasteiger partial charge in [-0.3, -0.25) is 19.7 Å². The molecular formula is C24H24N4O4. The zero-order chi connectivity index (χ0) is 22.3. The molecule has 2 saturated heterocycles. The molecule has 5 rings (SSSR count). The van der Waals surface area contributed by atoms with Crippen LogP contribution < -0.4 is 16.0 Å². The van der Waals surface area contributed by atoms with Crippen molar-refractivity contribution in [2.24, 2.45) is 0 Å². The molecule has 0 aromatic heterocycles. The van der Waals surface area contributed by atoms with E-state index in [2.05, 4.69) is 16.0 Å². The van der Waals surface area contributed by atoms with Crippen LogP contribution in [0.5, 0.6) is 0 Å². The van der Waals surface area contributed by atoms with E-state index in [1.165, 1.54) is 0 Å². The molecule has 164 valence electrons. The molecule has 0 saturated carbocycles. The van der Waals surface area contributed by atoms with E-state index in [0.29, 0.717) is 44.3 Å².